The van der Waals surface area contributed by atoms with Gasteiger partial charge in [0.25, 0.3) is 5.91 Å². The summed E-state index contributed by atoms with van der Waals surface area (Å²) in [4.78, 5) is 27.0. The summed E-state index contributed by atoms with van der Waals surface area (Å²) >= 11 is 0. The summed E-state index contributed by atoms with van der Waals surface area (Å²) in [6.07, 6.45) is 1.55. The summed E-state index contributed by atoms with van der Waals surface area (Å²) in [5.74, 6) is 0.707. The van der Waals surface area contributed by atoms with Crippen LogP contribution in [0.4, 0.5) is 4.79 Å². The Hall–Kier alpha value is -4.63. The molecule has 1 atom stereocenters. The molecule has 0 radical (unpaired) electrons. The summed E-state index contributed by atoms with van der Waals surface area (Å²) in [7, 11) is -3.94. The minimum atomic E-state index is -3.94. The molecule has 9 heteroatoms. The molecule has 2 heterocycles. The third kappa shape index (κ3) is 7.73. The van der Waals surface area contributed by atoms with E-state index < -0.39 is 27.3 Å². The Labute approximate surface area is 283 Å². The van der Waals surface area contributed by atoms with Gasteiger partial charge in [0.05, 0.1) is 5.25 Å². The summed E-state index contributed by atoms with van der Waals surface area (Å²) in [6, 6.07) is 31.2. The number of nitrogens with zero attached hydrogens (tertiary/aromatic N) is 1. The van der Waals surface area contributed by atoms with Gasteiger partial charge in [-0.3, -0.25) is 4.79 Å². The number of carbonyl (C=O) groups is 2. The molecule has 6 rings (SSSR count). The van der Waals surface area contributed by atoms with Gasteiger partial charge in [-0.1, -0.05) is 86.6 Å². The maximum atomic E-state index is 13.1. The molecule has 0 saturated carbocycles. The lowest BCUT2D eigenvalue weighted by Gasteiger charge is -2.31. The number of ether oxygens (including phenoxy) is 2. The van der Waals surface area contributed by atoms with Crippen molar-refractivity contribution < 1.29 is 27.5 Å². The molecule has 250 valence electrons. The van der Waals surface area contributed by atoms with Crippen LogP contribution in [0.25, 0.3) is 11.1 Å². The van der Waals surface area contributed by atoms with Crippen molar-refractivity contribution in [2.24, 2.45) is 0 Å². The molecule has 1 saturated heterocycles. The number of amides is 2. The average Bonchev–Trinajstić information content (AvgIpc) is 3.42. The number of hydrogen-bond donors (Lipinski definition) is 1. The van der Waals surface area contributed by atoms with Gasteiger partial charge >= 0.3 is 6.09 Å². The van der Waals surface area contributed by atoms with Gasteiger partial charge in [-0.05, 0) is 83.3 Å². The predicted molar refractivity (Wildman–Crippen MR) is 186 cm³/mol. The smallest absolute Gasteiger partial charge is 0.410 e. The van der Waals surface area contributed by atoms with E-state index in [1.54, 1.807) is 12.1 Å². The number of hydrogen-bond acceptors (Lipinski definition) is 6. The molecule has 8 nitrogen and oxygen atoms in total. The zero-order valence-electron chi connectivity index (χ0n) is 27.6. The highest BCUT2D eigenvalue weighted by Crippen LogP contribution is 2.39. The van der Waals surface area contributed by atoms with Crippen LogP contribution in [0.5, 0.6) is 5.75 Å². The molecule has 0 aromatic heterocycles. The molecule has 1 fully saturated rings. The molecule has 2 aliphatic heterocycles. The van der Waals surface area contributed by atoms with Crippen LogP contribution < -0.4 is 9.46 Å². The van der Waals surface area contributed by atoms with Crippen molar-refractivity contribution in [1.29, 1.82) is 0 Å². The number of piperidine rings is 1. The van der Waals surface area contributed by atoms with Crippen molar-refractivity contribution in [2.75, 3.05) is 13.1 Å². The second-order valence-electron chi connectivity index (χ2n) is 13.4. The molecule has 4 aromatic carbocycles. The van der Waals surface area contributed by atoms with Gasteiger partial charge in [-0.25, -0.2) is 17.9 Å². The first-order chi connectivity index (χ1) is 23.0. The summed E-state index contributed by atoms with van der Waals surface area (Å²) in [5.41, 5.74) is 6.42. The minimum absolute atomic E-state index is 0.154. The van der Waals surface area contributed by atoms with E-state index in [1.807, 2.05) is 54.6 Å². The Morgan fingerprint density at radius 1 is 0.896 bits per heavy atom. The fraction of sp³-hybridized carbons (Fsp3) is 0.333. The van der Waals surface area contributed by atoms with Crippen LogP contribution in [0.2, 0.25) is 0 Å². The van der Waals surface area contributed by atoms with Crippen LogP contribution in [0.1, 0.15) is 72.1 Å². The quantitative estimate of drug-likeness (QED) is 0.202. The Morgan fingerprint density at radius 2 is 1.56 bits per heavy atom. The molecule has 0 aliphatic carbocycles. The maximum absolute atomic E-state index is 13.1. The lowest BCUT2D eigenvalue weighted by atomic mass is 9.90. The number of nitrogens with one attached hydrogen (secondary N) is 1. The Balaban J connectivity index is 1.02. The molecule has 0 unspecified atom stereocenters. The van der Waals surface area contributed by atoms with Crippen LogP contribution in [-0.2, 0) is 34.2 Å². The lowest BCUT2D eigenvalue weighted by Crippen LogP contribution is -2.46. The first kappa shape index (κ1) is 33.3. The van der Waals surface area contributed by atoms with Gasteiger partial charge in [0.1, 0.15) is 18.0 Å². The summed E-state index contributed by atoms with van der Waals surface area (Å²) in [6.45, 7) is 7.16. The second-order valence-corrected chi connectivity index (χ2v) is 15.4. The summed E-state index contributed by atoms with van der Waals surface area (Å²) in [5, 5.41) is -0.780. The van der Waals surface area contributed by atoms with Gasteiger partial charge in [0, 0.05) is 31.5 Å². The van der Waals surface area contributed by atoms with E-state index in [0.717, 1.165) is 40.8 Å². The van der Waals surface area contributed by atoms with E-state index in [1.165, 1.54) is 16.0 Å². The fourth-order valence-electron chi connectivity index (χ4n) is 6.50. The van der Waals surface area contributed by atoms with Crippen molar-refractivity contribution in [3.05, 3.63) is 125 Å². The van der Waals surface area contributed by atoms with Gasteiger partial charge < -0.3 is 14.4 Å². The highest BCUT2D eigenvalue weighted by Gasteiger charge is 2.36. The number of sulfonamides is 1. The molecule has 0 bridgehead atoms. The third-order valence-electron chi connectivity index (χ3n) is 9.27. The SMILES string of the molecule is CC(C)c1ccc(C[C@@]2(C)Cc3cc(-c4ccc(C(=O)NS(=O)(=O)C5CCN(C(=O)OCc6ccccc6)CC5)cc4)ccc3O2)cc1. The van der Waals surface area contributed by atoms with Crippen LogP contribution in [0.15, 0.2) is 97.1 Å². The number of likely N-dealkylation sites (tertiary alicyclic amines) is 1. The zero-order chi connectivity index (χ0) is 33.9. The van der Waals surface area contributed by atoms with Crippen molar-refractivity contribution >= 4 is 22.0 Å². The highest BCUT2D eigenvalue weighted by molar-refractivity contribution is 7.90. The van der Waals surface area contributed by atoms with E-state index in [9.17, 15) is 18.0 Å². The Bertz CT molecular complexity index is 1870. The Kier molecular flexibility index (Phi) is 9.60. The molecule has 2 aliphatic rings. The van der Waals surface area contributed by atoms with E-state index in [4.69, 9.17) is 9.47 Å². The van der Waals surface area contributed by atoms with E-state index in [0.29, 0.717) is 5.92 Å². The number of fused-ring (bicyclic) bond motifs is 1. The molecule has 48 heavy (non-hydrogen) atoms. The van der Waals surface area contributed by atoms with Crippen LogP contribution in [0.3, 0.4) is 0 Å². The van der Waals surface area contributed by atoms with Crippen molar-refractivity contribution in [3.8, 4) is 16.9 Å². The molecular formula is C39H42N2O6S. The van der Waals surface area contributed by atoms with Gasteiger partial charge in [-0.15, -0.1) is 0 Å². The normalized spacial score (nSPS) is 17.9. The number of benzene rings is 4. The third-order valence-corrected chi connectivity index (χ3v) is 11.1. The largest absolute Gasteiger partial charge is 0.487 e. The molecule has 0 spiro atoms. The van der Waals surface area contributed by atoms with Crippen LogP contribution in [-0.4, -0.2) is 49.3 Å². The van der Waals surface area contributed by atoms with Crippen molar-refractivity contribution in [3.63, 3.8) is 0 Å². The molecular weight excluding hydrogens is 625 g/mol. The maximum Gasteiger partial charge on any atom is 0.410 e. The van der Waals surface area contributed by atoms with Crippen molar-refractivity contribution in [2.45, 2.75) is 69.8 Å². The minimum Gasteiger partial charge on any atom is -0.487 e. The summed E-state index contributed by atoms with van der Waals surface area (Å²) < 4.78 is 40.2. The van der Waals surface area contributed by atoms with Gasteiger partial charge in [0.15, 0.2) is 0 Å². The van der Waals surface area contributed by atoms with Gasteiger partial charge in [0.2, 0.25) is 10.0 Å². The molecule has 1 N–H and O–H groups in total. The fourth-order valence-corrected chi connectivity index (χ4v) is 7.87. The van der Waals surface area contributed by atoms with E-state index in [2.05, 4.69) is 55.8 Å². The Morgan fingerprint density at radius 3 is 2.23 bits per heavy atom. The molecule has 2 amide bonds. The average molecular weight is 667 g/mol. The van der Waals surface area contributed by atoms with E-state index >= 15 is 0 Å². The first-order valence-electron chi connectivity index (χ1n) is 16.5. The lowest BCUT2D eigenvalue weighted by molar-refractivity contribution is 0.0892. The van der Waals surface area contributed by atoms with Crippen LogP contribution >= 0.6 is 0 Å². The highest BCUT2D eigenvalue weighted by atomic mass is 32.2. The predicted octanol–water partition coefficient (Wildman–Crippen LogP) is 7.27. The van der Waals surface area contributed by atoms with Crippen molar-refractivity contribution in [1.82, 2.24) is 9.62 Å². The van der Waals surface area contributed by atoms with Crippen LogP contribution in [0, 0.1) is 0 Å². The second kappa shape index (κ2) is 13.8. The number of rotatable bonds is 9. The topological polar surface area (TPSA) is 102 Å². The first-order valence-corrected chi connectivity index (χ1v) is 18.1. The number of carbonyl (C=O) groups excluding carboxylic acids is 2. The van der Waals surface area contributed by atoms with Gasteiger partial charge in [-0.2, -0.15) is 0 Å². The van der Waals surface area contributed by atoms with E-state index in [-0.39, 0.29) is 43.7 Å². The standard InChI is InChI=1S/C39H42N2O6S/c1-27(2)30-11-9-28(10-12-30)24-39(3)25-34-23-33(17-18-36(34)47-39)31-13-15-32(16-14-31)37(42)40-48(44,45)35-19-21-41(22-20-35)38(43)46-26-29-7-5-4-6-8-29/h4-18,23,27,35H,19-22,24-26H2,1-3H3,(H,40,42)/t39-/m0/s1. The zero-order valence-corrected chi connectivity index (χ0v) is 28.5. The monoisotopic (exact) mass is 666 g/mol. The molecule has 4 aromatic rings.